The van der Waals surface area contributed by atoms with Crippen LogP contribution in [0.15, 0.2) is 30.3 Å². The fourth-order valence-corrected chi connectivity index (χ4v) is 3.25. The van der Waals surface area contributed by atoms with Crippen molar-refractivity contribution in [1.82, 2.24) is 4.90 Å². The highest BCUT2D eigenvalue weighted by Crippen LogP contribution is 2.24. The van der Waals surface area contributed by atoms with Gasteiger partial charge in [0, 0.05) is 17.9 Å². The van der Waals surface area contributed by atoms with Crippen LogP contribution >= 0.6 is 0 Å². The van der Waals surface area contributed by atoms with Crippen molar-refractivity contribution in [3.63, 3.8) is 0 Å². The van der Waals surface area contributed by atoms with Crippen LogP contribution in [0.2, 0.25) is 0 Å². The molecule has 0 bridgehead atoms. The van der Waals surface area contributed by atoms with Crippen LogP contribution in [0.1, 0.15) is 36.0 Å². The third-order valence-electron chi connectivity index (χ3n) is 4.72. The molecule has 0 spiro atoms. The number of hydrogen-bond acceptors (Lipinski definition) is 6. The van der Waals surface area contributed by atoms with E-state index in [2.05, 4.69) is 4.74 Å². The number of esters is 2. The van der Waals surface area contributed by atoms with Gasteiger partial charge in [-0.05, 0) is 32.4 Å². The number of methoxy groups -OCH3 is 2. The van der Waals surface area contributed by atoms with Crippen LogP contribution in [0, 0.1) is 5.92 Å². The summed E-state index contributed by atoms with van der Waals surface area (Å²) >= 11 is 0. The number of hydrogen-bond donors (Lipinski definition) is 0. The molecule has 0 aromatic heterocycles. The standard InChI is InChI=1S/C19H25NO5/c1-24-17(21)9-8-16(19(23)25-2)20-12-10-15(11-13-20)18(22)14-6-4-3-5-7-14/h3-7,15-16H,8-13H2,1-2H3/t16-/m1/s1. The maximum Gasteiger partial charge on any atom is 0.323 e. The molecule has 1 aromatic carbocycles. The minimum Gasteiger partial charge on any atom is -0.469 e. The summed E-state index contributed by atoms with van der Waals surface area (Å²) in [4.78, 5) is 38.0. The minimum absolute atomic E-state index is 0.0300. The quantitative estimate of drug-likeness (QED) is 0.555. The summed E-state index contributed by atoms with van der Waals surface area (Å²) in [7, 11) is 2.68. The Morgan fingerprint density at radius 1 is 1.08 bits per heavy atom. The predicted octanol–water partition coefficient (Wildman–Crippen LogP) is 2.08. The van der Waals surface area contributed by atoms with Crippen LogP contribution in [0.5, 0.6) is 0 Å². The van der Waals surface area contributed by atoms with Gasteiger partial charge in [-0.25, -0.2) is 0 Å². The van der Waals surface area contributed by atoms with E-state index in [9.17, 15) is 14.4 Å². The number of ether oxygens (including phenoxy) is 2. The molecule has 0 amide bonds. The maximum atomic E-state index is 12.5. The molecule has 1 aliphatic rings. The number of likely N-dealkylation sites (tertiary alicyclic amines) is 1. The van der Waals surface area contributed by atoms with E-state index >= 15 is 0 Å². The van der Waals surface area contributed by atoms with Crippen LogP contribution in [-0.4, -0.2) is 56.0 Å². The smallest absolute Gasteiger partial charge is 0.323 e. The zero-order valence-electron chi connectivity index (χ0n) is 14.8. The van der Waals surface area contributed by atoms with E-state index < -0.39 is 6.04 Å². The monoisotopic (exact) mass is 347 g/mol. The lowest BCUT2D eigenvalue weighted by Gasteiger charge is -2.35. The number of piperidine rings is 1. The van der Waals surface area contributed by atoms with Crippen molar-refractivity contribution in [3.8, 4) is 0 Å². The summed E-state index contributed by atoms with van der Waals surface area (Å²) in [5.74, 6) is -0.568. The van der Waals surface area contributed by atoms with E-state index in [1.165, 1.54) is 14.2 Å². The molecule has 1 aliphatic heterocycles. The zero-order valence-corrected chi connectivity index (χ0v) is 14.8. The van der Waals surface area contributed by atoms with Crippen molar-refractivity contribution in [2.45, 2.75) is 31.7 Å². The van der Waals surface area contributed by atoms with Crippen LogP contribution in [0.25, 0.3) is 0 Å². The van der Waals surface area contributed by atoms with Gasteiger partial charge in [0.15, 0.2) is 5.78 Å². The minimum atomic E-state index is -0.475. The molecule has 1 fully saturated rings. The summed E-state index contributed by atoms with van der Waals surface area (Å²) in [6.45, 7) is 1.26. The van der Waals surface area contributed by atoms with Gasteiger partial charge >= 0.3 is 11.9 Å². The first-order chi connectivity index (χ1) is 12.1. The third kappa shape index (κ3) is 5.13. The molecule has 0 saturated carbocycles. The SMILES string of the molecule is COC(=O)CC[C@H](C(=O)OC)N1CCC(C(=O)c2ccccc2)CC1. The molecule has 0 radical (unpaired) electrons. The van der Waals surface area contributed by atoms with Crippen molar-refractivity contribution in [1.29, 1.82) is 0 Å². The highest BCUT2D eigenvalue weighted by Gasteiger charge is 2.33. The molecular weight excluding hydrogens is 322 g/mol. The summed E-state index contributed by atoms with van der Waals surface area (Å²) in [6, 6.07) is 8.81. The van der Waals surface area contributed by atoms with Gasteiger partial charge in [0.05, 0.1) is 14.2 Å². The largest absolute Gasteiger partial charge is 0.469 e. The maximum absolute atomic E-state index is 12.5. The molecule has 1 atom stereocenters. The Morgan fingerprint density at radius 3 is 2.28 bits per heavy atom. The fourth-order valence-electron chi connectivity index (χ4n) is 3.25. The molecule has 6 nitrogen and oxygen atoms in total. The topological polar surface area (TPSA) is 72.9 Å². The second-order valence-corrected chi connectivity index (χ2v) is 6.19. The zero-order chi connectivity index (χ0) is 18.2. The van der Waals surface area contributed by atoms with Gasteiger partial charge in [-0.3, -0.25) is 19.3 Å². The van der Waals surface area contributed by atoms with Gasteiger partial charge in [0.25, 0.3) is 0 Å². The summed E-state index contributed by atoms with van der Waals surface area (Å²) in [5.41, 5.74) is 0.733. The normalized spacial score (nSPS) is 16.9. The van der Waals surface area contributed by atoms with E-state index in [1.54, 1.807) is 0 Å². The van der Waals surface area contributed by atoms with E-state index in [1.807, 2.05) is 35.2 Å². The first-order valence-electron chi connectivity index (χ1n) is 8.54. The van der Waals surface area contributed by atoms with E-state index in [4.69, 9.17) is 4.74 Å². The Morgan fingerprint density at radius 2 is 1.72 bits per heavy atom. The average molecular weight is 347 g/mol. The lowest BCUT2D eigenvalue weighted by molar-refractivity contribution is -0.148. The second kappa shape index (κ2) is 9.32. The van der Waals surface area contributed by atoms with Crippen molar-refractivity contribution in [2.24, 2.45) is 5.92 Å². The molecule has 25 heavy (non-hydrogen) atoms. The van der Waals surface area contributed by atoms with Crippen molar-refractivity contribution in [2.75, 3.05) is 27.3 Å². The van der Waals surface area contributed by atoms with E-state index in [0.29, 0.717) is 32.4 Å². The Labute approximate surface area is 148 Å². The van der Waals surface area contributed by atoms with E-state index in [-0.39, 0.29) is 30.1 Å². The first-order valence-corrected chi connectivity index (χ1v) is 8.54. The molecule has 1 aromatic rings. The Hall–Kier alpha value is -2.21. The van der Waals surface area contributed by atoms with Crippen LogP contribution in [0.3, 0.4) is 0 Å². The molecule has 1 heterocycles. The number of carbonyl (C=O) groups is 3. The van der Waals surface area contributed by atoms with Crippen LogP contribution in [0.4, 0.5) is 0 Å². The Balaban J connectivity index is 1.94. The Bertz CT molecular complexity index is 593. The number of ketones is 1. The average Bonchev–Trinajstić information content (AvgIpc) is 2.68. The van der Waals surface area contributed by atoms with Crippen molar-refractivity contribution >= 4 is 17.7 Å². The second-order valence-electron chi connectivity index (χ2n) is 6.19. The molecular formula is C19H25NO5. The number of carbonyl (C=O) groups excluding carboxylic acids is 3. The van der Waals surface area contributed by atoms with Gasteiger partial charge in [0.2, 0.25) is 0 Å². The molecule has 2 rings (SSSR count). The molecule has 1 saturated heterocycles. The predicted molar refractivity (Wildman–Crippen MR) is 92.1 cm³/mol. The van der Waals surface area contributed by atoms with Gasteiger partial charge in [-0.15, -0.1) is 0 Å². The van der Waals surface area contributed by atoms with E-state index in [0.717, 1.165) is 5.56 Å². The summed E-state index contributed by atoms with van der Waals surface area (Å²) < 4.78 is 9.52. The van der Waals surface area contributed by atoms with Gasteiger partial charge < -0.3 is 9.47 Å². The number of Topliss-reactive ketones (excluding diaryl/α,β-unsaturated/α-hetero) is 1. The molecule has 136 valence electrons. The fraction of sp³-hybridized carbons (Fsp3) is 0.526. The van der Waals surface area contributed by atoms with Crippen molar-refractivity contribution < 1.29 is 23.9 Å². The van der Waals surface area contributed by atoms with Crippen molar-refractivity contribution in [3.05, 3.63) is 35.9 Å². The summed E-state index contributed by atoms with van der Waals surface area (Å²) in [6.07, 6.45) is 1.91. The lowest BCUT2D eigenvalue weighted by Crippen LogP contribution is -2.47. The highest BCUT2D eigenvalue weighted by atomic mass is 16.5. The van der Waals surface area contributed by atoms with Crippen LogP contribution in [-0.2, 0) is 19.1 Å². The molecule has 0 unspecified atom stereocenters. The molecule has 0 aliphatic carbocycles. The van der Waals surface area contributed by atoms with Gasteiger partial charge in [-0.1, -0.05) is 30.3 Å². The lowest BCUT2D eigenvalue weighted by atomic mass is 9.88. The van der Waals surface area contributed by atoms with Gasteiger partial charge in [0.1, 0.15) is 6.04 Å². The molecule has 6 heteroatoms. The molecule has 0 N–H and O–H groups in total. The number of benzene rings is 1. The Kier molecular flexibility index (Phi) is 7.13. The third-order valence-corrected chi connectivity index (χ3v) is 4.72. The van der Waals surface area contributed by atoms with Crippen LogP contribution < -0.4 is 0 Å². The first kappa shape index (κ1) is 19.1. The highest BCUT2D eigenvalue weighted by molar-refractivity contribution is 5.97. The van der Waals surface area contributed by atoms with Gasteiger partial charge in [-0.2, -0.15) is 0 Å². The summed E-state index contributed by atoms with van der Waals surface area (Å²) in [5, 5.41) is 0. The number of nitrogens with zero attached hydrogens (tertiary/aromatic N) is 1. The number of rotatable bonds is 7.